The minimum absolute atomic E-state index is 0.00578. The summed E-state index contributed by atoms with van der Waals surface area (Å²) in [6.07, 6.45) is 5.10. The van der Waals surface area contributed by atoms with Crippen molar-refractivity contribution >= 4 is 56.1 Å². The van der Waals surface area contributed by atoms with E-state index in [0.29, 0.717) is 17.2 Å². The van der Waals surface area contributed by atoms with Gasteiger partial charge >= 0.3 is 0 Å². The lowest BCUT2D eigenvalue weighted by atomic mass is 10.2. The first-order valence-electron chi connectivity index (χ1n) is 10.4. The average Bonchev–Trinajstić information content (AvgIpc) is 3.23. The largest absolute Gasteiger partial charge is 0.302 e. The molecule has 2 aromatic carbocycles. The van der Waals surface area contributed by atoms with Crippen LogP contribution in [0.1, 0.15) is 19.4 Å². The van der Waals surface area contributed by atoms with Gasteiger partial charge in [-0.15, -0.1) is 11.8 Å². The van der Waals surface area contributed by atoms with Crippen LogP contribution in [0.2, 0.25) is 0 Å². The maximum absolute atomic E-state index is 13.2. The number of carbonyl (C=O) groups is 1. The minimum Gasteiger partial charge on any atom is -0.302 e. The van der Waals surface area contributed by atoms with Crippen LogP contribution >= 0.6 is 23.1 Å². The summed E-state index contributed by atoms with van der Waals surface area (Å²) in [6, 6.07) is 12.3. The number of rotatable bonds is 10. The van der Waals surface area contributed by atoms with E-state index in [1.54, 1.807) is 34.9 Å². The number of thiazole rings is 1. The fraction of sp³-hybridized carbons (Fsp3) is 0.304. The Hall–Kier alpha value is -2.75. The fourth-order valence-corrected chi connectivity index (χ4v) is 4.77. The number of aromatic nitrogens is 1. The van der Waals surface area contributed by atoms with Crippen molar-refractivity contribution in [3.8, 4) is 0 Å². The molecule has 0 aliphatic carbocycles. The van der Waals surface area contributed by atoms with Crippen molar-refractivity contribution in [2.45, 2.75) is 18.7 Å². The highest BCUT2D eigenvalue weighted by atomic mass is 32.2. The standard InChI is InChI=1S/C23H26N4O3S2/c1-4-25(5-2)13-14-26(23-24-20-11-10-19(31-3)16-21(20)32-23)22(28)12-9-17-7-6-8-18(15-17)27(29)30/h6-12,15-16H,4-5,13-14H2,1-3H3/b12-9+. The molecule has 0 spiro atoms. The number of likely N-dealkylation sites (N-methyl/N-ethyl adjacent to an activating group) is 1. The third kappa shape index (κ3) is 5.93. The van der Waals surface area contributed by atoms with E-state index in [4.69, 9.17) is 4.98 Å². The number of carbonyl (C=O) groups excluding carboxylic acids is 1. The van der Waals surface area contributed by atoms with Crippen molar-refractivity contribution in [3.05, 3.63) is 64.2 Å². The van der Waals surface area contributed by atoms with E-state index >= 15 is 0 Å². The van der Waals surface area contributed by atoms with Gasteiger partial charge in [0.1, 0.15) is 0 Å². The zero-order chi connectivity index (χ0) is 23.1. The summed E-state index contributed by atoms with van der Waals surface area (Å²) in [6.45, 7) is 7.24. The Morgan fingerprint density at radius 1 is 1.19 bits per heavy atom. The number of benzene rings is 2. The number of non-ortho nitro benzene ring substituents is 1. The second-order valence-electron chi connectivity index (χ2n) is 7.03. The van der Waals surface area contributed by atoms with Crippen molar-refractivity contribution in [3.63, 3.8) is 0 Å². The summed E-state index contributed by atoms with van der Waals surface area (Å²) in [7, 11) is 0. The lowest BCUT2D eigenvalue weighted by Gasteiger charge is -2.23. The quantitative estimate of drug-likeness (QED) is 0.173. The molecule has 9 heteroatoms. The van der Waals surface area contributed by atoms with E-state index in [1.807, 2.05) is 18.4 Å². The predicted molar refractivity (Wildman–Crippen MR) is 134 cm³/mol. The number of fused-ring (bicyclic) bond motifs is 1. The number of nitrogens with zero attached hydrogens (tertiary/aromatic N) is 4. The molecular weight excluding hydrogens is 444 g/mol. The lowest BCUT2D eigenvalue weighted by Crippen LogP contribution is -2.38. The van der Waals surface area contributed by atoms with Crippen LogP contribution in [0.4, 0.5) is 10.8 Å². The molecule has 32 heavy (non-hydrogen) atoms. The van der Waals surface area contributed by atoms with Gasteiger partial charge in [0.05, 0.1) is 15.1 Å². The second kappa shape index (κ2) is 11.2. The van der Waals surface area contributed by atoms with Gasteiger partial charge in [-0.25, -0.2) is 4.98 Å². The van der Waals surface area contributed by atoms with Gasteiger partial charge in [0, 0.05) is 36.2 Å². The Bertz CT molecular complexity index is 1130. The predicted octanol–water partition coefficient (Wildman–Crippen LogP) is 5.31. The molecule has 0 saturated heterocycles. The molecule has 0 fully saturated rings. The van der Waals surface area contributed by atoms with E-state index in [-0.39, 0.29) is 11.6 Å². The summed E-state index contributed by atoms with van der Waals surface area (Å²) >= 11 is 3.17. The van der Waals surface area contributed by atoms with Crippen LogP contribution in [0.15, 0.2) is 53.4 Å². The Morgan fingerprint density at radius 3 is 2.66 bits per heavy atom. The van der Waals surface area contributed by atoms with Gasteiger partial charge in [-0.2, -0.15) is 0 Å². The van der Waals surface area contributed by atoms with Crippen LogP contribution in [0.3, 0.4) is 0 Å². The highest BCUT2D eigenvalue weighted by Crippen LogP contribution is 2.32. The van der Waals surface area contributed by atoms with Crippen LogP contribution in [-0.2, 0) is 4.79 Å². The van der Waals surface area contributed by atoms with Gasteiger partial charge in [0.25, 0.3) is 11.6 Å². The van der Waals surface area contributed by atoms with Crippen molar-refractivity contribution in [1.29, 1.82) is 0 Å². The van der Waals surface area contributed by atoms with E-state index in [0.717, 1.165) is 34.7 Å². The van der Waals surface area contributed by atoms with E-state index in [1.165, 1.54) is 29.5 Å². The molecule has 0 radical (unpaired) electrons. The number of anilines is 1. The monoisotopic (exact) mass is 470 g/mol. The highest BCUT2D eigenvalue weighted by Gasteiger charge is 2.19. The molecule has 168 valence electrons. The van der Waals surface area contributed by atoms with Crippen LogP contribution in [0.5, 0.6) is 0 Å². The molecule has 0 unspecified atom stereocenters. The Morgan fingerprint density at radius 2 is 1.97 bits per heavy atom. The maximum atomic E-state index is 13.2. The summed E-state index contributed by atoms with van der Waals surface area (Å²) in [5.74, 6) is -0.201. The molecule has 1 amide bonds. The number of thioether (sulfide) groups is 1. The molecule has 0 bridgehead atoms. The fourth-order valence-electron chi connectivity index (χ4n) is 3.22. The molecular formula is C23H26N4O3S2. The van der Waals surface area contributed by atoms with Gasteiger partial charge in [0.15, 0.2) is 5.13 Å². The first-order chi connectivity index (χ1) is 15.4. The molecule has 1 heterocycles. The van der Waals surface area contributed by atoms with E-state index in [2.05, 4.69) is 24.8 Å². The van der Waals surface area contributed by atoms with Gasteiger partial charge in [-0.3, -0.25) is 19.8 Å². The van der Waals surface area contributed by atoms with Crippen molar-refractivity contribution < 1.29 is 9.72 Å². The molecule has 1 aromatic heterocycles. The van der Waals surface area contributed by atoms with Gasteiger partial charge in [-0.05, 0) is 49.2 Å². The van der Waals surface area contributed by atoms with Crippen molar-refractivity contribution in [1.82, 2.24) is 9.88 Å². The van der Waals surface area contributed by atoms with Crippen LogP contribution in [0.25, 0.3) is 16.3 Å². The van der Waals surface area contributed by atoms with Crippen LogP contribution in [-0.4, -0.2) is 53.1 Å². The van der Waals surface area contributed by atoms with E-state index < -0.39 is 4.92 Å². The Kier molecular flexibility index (Phi) is 8.38. The van der Waals surface area contributed by atoms with Crippen LogP contribution in [0, 0.1) is 10.1 Å². The van der Waals surface area contributed by atoms with Gasteiger partial charge in [0.2, 0.25) is 0 Å². The number of hydrogen-bond donors (Lipinski definition) is 0. The number of nitro benzene ring substituents is 1. The molecule has 3 rings (SSSR count). The third-order valence-corrected chi connectivity index (χ3v) is 6.88. The Balaban J connectivity index is 1.88. The molecule has 3 aromatic rings. The summed E-state index contributed by atoms with van der Waals surface area (Å²) < 4.78 is 1.04. The smallest absolute Gasteiger partial charge is 0.270 e. The summed E-state index contributed by atoms with van der Waals surface area (Å²) in [5, 5.41) is 11.7. The van der Waals surface area contributed by atoms with Gasteiger partial charge < -0.3 is 4.90 Å². The molecule has 7 nitrogen and oxygen atoms in total. The second-order valence-corrected chi connectivity index (χ2v) is 8.92. The number of amides is 1. The third-order valence-electron chi connectivity index (χ3n) is 5.11. The average molecular weight is 471 g/mol. The zero-order valence-electron chi connectivity index (χ0n) is 18.4. The number of hydrogen-bond acceptors (Lipinski definition) is 7. The first kappa shape index (κ1) is 23.9. The number of nitro groups is 1. The lowest BCUT2D eigenvalue weighted by molar-refractivity contribution is -0.384. The van der Waals surface area contributed by atoms with Gasteiger partial charge in [-0.1, -0.05) is 37.3 Å². The molecule has 0 aliphatic heterocycles. The SMILES string of the molecule is CCN(CC)CCN(C(=O)/C=C/c1cccc([N+](=O)[O-])c1)c1nc2ccc(SC)cc2s1. The first-order valence-corrected chi connectivity index (χ1v) is 12.4. The van der Waals surface area contributed by atoms with E-state index in [9.17, 15) is 14.9 Å². The molecule has 0 N–H and O–H groups in total. The molecule has 0 saturated carbocycles. The summed E-state index contributed by atoms with van der Waals surface area (Å²) in [5.41, 5.74) is 1.46. The maximum Gasteiger partial charge on any atom is 0.270 e. The molecule has 0 aliphatic rings. The van der Waals surface area contributed by atoms with Crippen LogP contribution < -0.4 is 4.90 Å². The van der Waals surface area contributed by atoms with Crippen molar-refractivity contribution in [2.24, 2.45) is 0 Å². The normalized spacial score (nSPS) is 11.5. The highest BCUT2D eigenvalue weighted by molar-refractivity contribution is 7.98. The zero-order valence-corrected chi connectivity index (χ0v) is 20.0. The Labute approximate surface area is 195 Å². The van der Waals surface area contributed by atoms with Crippen molar-refractivity contribution in [2.75, 3.05) is 37.3 Å². The summed E-state index contributed by atoms with van der Waals surface area (Å²) in [4.78, 5) is 33.5. The topological polar surface area (TPSA) is 79.6 Å². The minimum atomic E-state index is -0.445. The molecule has 0 atom stereocenters.